The number of hydrogen-bond acceptors (Lipinski definition) is 4. The predicted molar refractivity (Wildman–Crippen MR) is 78.7 cm³/mol. The summed E-state index contributed by atoms with van der Waals surface area (Å²) in [6.07, 6.45) is 0.574. The Morgan fingerprint density at radius 2 is 2.22 bits per heavy atom. The lowest BCUT2D eigenvalue weighted by Crippen LogP contribution is -2.30. The fourth-order valence-corrected chi connectivity index (χ4v) is 3.75. The summed E-state index contributed by atoms with van der Waals surface area (Å²) in [6.45, 7) is 8.01. The third-order valence-corrected chi connectivity index (χ3v) is 4.83. The molecule has 2 N–H and O–H groups in total. The minimum Gasteiger partial charge on any atom is -0.466 e. The van der Waals surface area contributed by atoms with E-state index in [1.54, 1.807) is 11.3 Å². The average molecular weight is 334 g/mol. The molecule has 1 unspecified atom stereocenters. The number of carbonyl (C=O) groups is 1. The van der Waals surface area contributed by atoms with Gasteiger partial charge in [-0.1, -0.05) is 0 Å². The maximum atomic E-state index is 11.8. The van der Waals surface area contributed by atoms with Gasteiger partial charge in [0.25, 0.3) is 0 Å². The highest BCUT2D eigenvalue weighted by Gasteiger charge is 2.32. The van der Waals surface area contributed by atoms with E-state index in [4.69, 9.17) is 10.5 Å². The molecule has 1 aromatic rings. The zero-order chi connectivity index (χ0) is 13.9. The lowest BCUT2D eigenvalue weighted by atomic mass is 9.85. The largest absolute Gasteiger partial charge is 0.466 e. The molecule has 0 aliphatic rings. The van der Waals surface area contributed by atoms with Gasteiger partial charge in [-0.15, -0.1) is 11.3 Å². The molecule has 102 valence electrons. The van der Waals surface area contributed by atoms with Crippen molar-refractivity contribution in [1.29, 1.82) is 0 Å². The van der Waals surface area contributed by atoms with Crippen molar-refractivity contribution in [3.05, 3.63) is 20.3 Å². The lowest BCUT2D eigenvalue weighted by molar-refractivity contribution is -0.154. The molecule has 0 amide bonds. The van der Waals surface area contributed by atoms with Gasteiger partial charge in [-0.3, -0.25) is 4.79 Å². The summed E-state index contributed by atoms with van der Waals surface area (Å²) in [4.78, 5) is 14.1. The van der Waals surface area contributed by atoms with E-state index >= 15 is 0 Å². The van der Waals surface area contributed by atoms with Crippen molar-refractivity contribution < 1.29 is 9.53 Å². The summed E-state index contributed by atoms with van der Waals surface area (Å²) in [5, 5.41) is 0. The number of rotatable bonds is 5. The predicted octanol–water partition coefficient (Wildman–Crippen LogP) is 3.80. The van der Waals surface area contributed by atoms with Crippen LogP contribution in [0.3, 0.4) is 0 Å². The Bertz CT molecular complexity index is 429. The Kier molecular flexibility index (Phi) is 5.37. The van der Waals surface area contributed by atoms with Gasteiger partial charge in [-0.2, -0.15) is 0 Å². The summed E-state index contributed by atoms with van der Waals surface area (Å²) in [7, 11) is 0. The van der Waals surface area contributed by atoms with Crippen molar-refractivity contribution in [1.82, 2.24) is 0 Å². The zero-order valence-electron chi connectivity index (χ0n) is 11.2. The van der Waals surface area contributed by atoms with Crippen molar-refractivity contribution in [2.45, 2.75) is 40.2 Å². The standard InChI is InChI=1S/C13H20BrNO2S/c1-5-17-12(16)13(3,4)7-10(15)11-9(14)6-8(2)18-11/h6,10H,5,7,15H2,1-4H3. The topological polar surface area (TPSA) is 52.3 Å². The van der Waals surface area contributed by atoms with Crippen LogP contribution in [0.25, 0.3) is 0 Å². The number of aryl methyl sites for hydroxylation is 1. The Morgan fingerprint density at radius 3 is 2.67 bits per heavy atom. The van der Waals surface area contributed by atoms with E-state index in [0.29, 0.717) is 13.0 Å². The van der Waals surface area contributed by atoms with E-state index in [2.05, 4.69) is 22.0 Å². The van der Waals surface area contributed by atoms with Crippen molar-refractivity contribution in [2.24, 2.45) is 11.1 Å². The zero-order valence-corrected chi connectivity index (χ0v) is 13.7. The lowest BCUT2D eigenvalue weighted by Gasteiger charge is -2.25. The average Bonchev–Trinajstić information content (AvgIpc) is 2.57. The summed E-state index contributed by atoms with van der Waals surface area (Å²) < 4.78 is 6.10. The van der Waals surface area contributed by atoms with Crippen molar-refractivity contribution in [3.63, 3.8) is 0 Å². The second-order valence-corrected chi connectivity index (χ2v) is 7.13. The second-order valence-electron chi connectivity index (χ2n) is 4.98. The summed E-state index contributed by atoms with van der Waals surface area (Å²) in [5.74, 6) is -0.190. The Morgan fingerprint density at radius 1 is 1.61 bits per heavy atom. The molecule has 0 aromatic carbocycles. The fraction of sp³-hybridized carbons (Fsp3) is 0.615. The molecule has 0 fully saturated rings. The Labute approximate surface area is 121 Å². The van der Waals surface area contributed by atoms with Crippen LogP contribution < -0.4 is 5.73 Å². The van der Waals surface area contributed by atoms with E-state index in [1.165, 1.54) is 4.88 Å². The molecule has 0 aliphatic carbocycles. The third-order valence-electron chi connectivity index (χ3n) is 2.73. The first-order valence-electron chi connectivity index (χ1n) is 5.96. The number of nitrogens with two attached hydrogens (primary N) is 1. The molecule has 1 rings (SSSR count). The minimum absolute atomic E-state index is 0.155. The van der Waals surface area contributed by atoms with Crippen LogP contribution in [0.5, 0.6) is 0 Å². The molecule has 0 aliphatic heterocycles. The fourth-order valence-electron chi connectivity index (χ4n) is 1.81. The Balaban J connectivity index is 2.78. The molecule has 1 heterocycles. The van der Waals surface area contributed by atoms with Gasteiger partial charge in [0, 0.05) is 20.3 Å². The number of hydrogen-bond donors (Lipinski definition) is 1. The third kappa shape index (κ3) is 3.80. The van der Waals surface area contributed by atoms with Crippen LogP contribution in [-0.2, 0) is 9.53 Å². The first kappa shape index (κ1) is 15.7. The van der Waals surface area contributed by atoms with Crippen LogP contribution in [0.4, 0.5) is 0 Å². The van der Waals surface area contributed by atoms with Crippen LogP contribution in [0.15, 0.2) is 10.5 Å². The molecular weight excluding hydrogens is 314 g/mol. The number of carbonyl (C=O) groups excluding carboxylic acids is 1. The van der Waals surface area contributed by atoms with Gasteiger partial charge < -0.3 is 10.5 Å². The highest BCUT2D eigenvalue weighted by atomic mass is 79.9. The normalized spacial score (nSPS) is 13.4. The quantitative estimate of drug-likeness (QED) is 0.834. The van der Waals surface area contributed by atoms with Gasteiger partial charge in [-0.25, -0.2) is 0 Å². The molecule has 0 spiro atoms. The highest BCUT2D eigenvalue weighted by Crippen LogP contribution is 2.37. The minimum atomic E-state index is -0.563. The monoisotopic (exact) mass is 333 g/mol. The molecule has 0 saturated heterocycles. The summed E-state index contributed by atoms with van der Waals surface area (Å²) >= 11 is 5.17. The van der Waals surface area contributed by atoms with Crippen LogP contribution in [-0.4, -0.2) is 12.6 Å². The molecule has 0 bridgehead atoms. The van der Waals surface area contributed by atoms with Crippen LogP contribution in [0, 0.1) is 12.3 Å². The number of thiophene rings is 1. The summed E-state index contributed by atoms with van der Waals surface area (Å²) in [5.41, 5.74) is 5.64. The molecule has 18 heavy (non-hydrogen) atoms. The van der Waals surface area contributed by atoms with Gasteiger partial charge in [0.15, 0.2) is 0 Å². The summed E-state index contributed by atoms with van der Waals surface area (Å²) in [6, 6.07) is 1.90. The van der Waals surface area contributed by atoms with Crippen LogP contribution in [0.2, 0.25) is 0 Å². The first-order chi connectivity index (χ1) is 8.27. The number of halogens is 1. The second kappa shape index (κ2) is 6.17. The molecule has 5 heteroatoms. The molecule has 0 saturated carbocycles. The van der Waals surface area contributed by atoms with Gasteiger partial charge in [0.05, 0.1) is 12.0 Å². The van der Waals surface area contributed by atoms with E-state index < -0.39 is 5.41 Å². The van der Waals surface area contributed by atoms with Crippen molar-refractivity contribution >= 4 is 33.2 Å². The SMILES string of the molecule is CCOC(=O)C(C)(C)CC(N)c1sc(C)cc1Br. The first-order valence-corrected chi connectivity index (χ1v) is 7.57. The van der Waals surface area contributed by atoms with Crippen molar-refractivity contribution in [3.8, 4) is 0 Å². The molecule has 0 radical (unpaired) electrons. The maximum Gasteiger partial charge on any atom is 0.311 e. The van der Waals surface area contributed by atoms with E-state index in [-0.39, 0.29) is 12.0 Å². The van der Waals surface area contributed by atoms with Gasteiger partial charge in [-0.05, 0) is 56.1 Å². The van der Waals surface area contributed by atoms with E-state index in [0.717, 1.165) is 9.35 Å². The number of esters is 1. The molecule has 1 aromatic heterocycles. The van der Waals surface area contributed by atoms with E-state index in [9.17, 15) is 4.79 Å². The smallest absolute Gasteiger partial charge is 0.311 e. The highest BCUT2D eigenvalue weighted by molar-refractivity contribution is 9.10. The van der Waals surface area contributed by atoms with E-state index in [1.807, 2.05) is 27.7 Å². The molecule has 3 nitrogen and oxygen atoms in total. The van der Waals surface area contributed by atoms with Crippen molar-refractivity contribution in [2.75, 3.05) is 6.61 Å². The Hall–Kier alpha value is -0.390. The molecular formula is C13H20BrNO2S. The molecule has 1 atom stereocenters. The van der Waals surface area contributed by atoms with Gasteiger partial charge in [0.1, 0.15) is 0 Å². The van der Waals surface area contributed by atoms with Gasteiger partial charge >= 0.3 is 5.97 Å². The maximum absolute atomic E-state index is 11.8. The number of ether oxygens (including phenoxy) is 1. The van der Waals surface area contributed by atoms with Gasteiger partial charge in [0.2, 0.25) is 0 Å². The van der Waals surface area contributed by atoms with Crippen LogP contribution in [0.1, 0.15) is 43.0 Å². The van der Waals surface area contributed by atoms with Crippen LogP contribution >= 0.6 is 27.3 Å².